The SMILES string of the molecule is CNCC(C)COC(CO)CO.OCC(O)CO. The molecule has 0 fully saturated rings. The summed E-state index contributed by atoms with van der Waals surface area (Å²) in [5, 5.41) is 44.4. The van der Waals surface area contributed by atoms with Crippen LogP contribution in [0.25, 0.3) is 0 Å². The molecule has 0 aliphatic heterocycles. The Balaban J connectivity index is 0. The van der Waals surface area contributed by atoms with E-state index in [0.29, 0.717) is 12.5 Å². The van der Waals surface area contributed by atoms with Gasteiger partial charge in [-0.25, -0.2) is 0 Å². The Morgan fingerprint density at radius 3 is 1.78 bits per heavy atom. The minimum absolute atomic E-state index is 0.122. The van der Waals surface area contributed by atoms with Gasteiger partial charge in [0.25, 0.3) is 0 Å². The summed E-state index contributed by atoms with van der Waals surface area (Å²) in [7, 11) is 1.88. The highest BCUT2D eigenvalue weighted by molar-refractivity contribution is 4.57. The van der Waals surface area contributed by atoms with Gasteiger partial charge in [0.05, 0.1) is 33.0 Å². The second kappa shape index (κ2) is 14.8. The average Bonchev–Trinajstić information content (AvgIpc) is 2.40. The maximum atomic E-state index is 8.67. The molecule has 0 spiro atoms. The predicted molar refractivity (Wildman–Crippen MR) is 67.2 cm³/mol. The van der Waals surface area contributed by atoms with Gasteiger partial charge in [-0.15, -0.1) is 0 Å². The Morgan fingerprint density at radius 1 is 1.00 bits per heavy atom. The molecule has 1 unspecified atom stereocenters. The fraction of sp³-hybridized carbons (Fsp3) is 1.00. The Bertz CT molecular complexity index is 152. The van der Waals surface area contributed by atoms with Crippen LogP contribution in [0.3, 0.4) is 0 Å². The third kappa shape index (κ3) is 13.8. The molecule has 0 heterocycles. The van der Waals surface area contributed by atoms with Gasteiger partial charge in [-0.2, -0.15) is 0 Å². The highest BCUT2D eigenvalue weighted by Gasteiger charge is 2.08. The van der Waals surface area contributed by atoms with Crippen LogP contribution in [-0.4, -0.2) is 84.4 Å². The van der Waals surface area contributed by atoms with Crippen molar-refractivity contribution in [2.45, 2.75) is 19.1 Å². The Morgan fingerprint density at radius 2 is 1.50 bits per heavy atom. The largest absolute Gasteiger partial charge is 0.394 e. The van der Waals surface area contributed by atoms with Gasteiger partial charge in [0.15, 0.2) is 0 Å². The van der Waals surface area contributed by atoms with Crippen LogP contribution >= 0.6 is 0 Å². The summed E-state index contributed by atoms with van der Waals surface area (Å²) in [5.74, 6) is 0.399. The lowest BCUT2D eigenvalue weighted by Crippen LogP contribution is -2.27. The summed E-state index contributed by atoms with van der Waals surface area (Å²) in [4.78, 5) is 0. The molecule has 0 aromatic heterocycles. The molecule has 0 amide bonds. The number of nitrogens with one attached hydrogen (secondary N) is 1. The van der Waals surface area contributed by atoms with Crippen molar-refractivity contribution in [1.82, 2.24) is 5.32 Å². The second-order valence-corrected chi connectivity index (χ2v) is 4.00. The number of ether oxygens (including phenoxy) is 1. The molecule has 7 heteroatoms. The van der Waals surface area contributed by atoms with E-state index < -0.39 is 12.2 Å². The molecule has 0 rings (SSSR count). The van der Waals surface area contributed by atoms with Crippen LogP contribution in [0.15, 0.2) is 0 Å². The van der Waals surface area contributed by atoms with Gasteiger partial charge in [0.2, 0.25) is 0 Å². The zero-order valence-corrected chi connectivity index (χ0v) is 11.1. The first-order chi connectivity index (χ1) is 8.55. The van der Waals surface area contributed by atoms with Crippen LogP contribution in [0.4, 0.5) is 0 Å². The van der Waals surface area contributed by atoms with Crippen LogP contribution in [0.1, 0.15) is 6.92 Å². The van der Waals surface area contributed by atoms with Gasteiger partial charge in [-0.3, -0.25) is 0 Å². The van der Waals surface area contributed by atoms with E-state index in [1.54, 1.807) is 0 Å². The monoisotopic (exact) mass is 269 g/mol. The van der Waals surface area contributed by atoms with E-state index in [1.165, 1.54) is 0 Å². The van der Waals surface area contributed by atoms with Crippen LogP contribution in [0.5, 0.6) is 0 Å². The maximum Gasteiger partial charge on any atom is 0.104 e. The Labute approximate surface area is 108 Å². The van der Waals surface area contributed by atoms with E-state index in [0.717, 1.165) is 6.54 Å². The highest BCUT2D eigenvalue weighted by atomic mass is 16.5. The van der Waals surface area contributed by atoms with Crippen LogP contribution in [0.2, 0.25) is 0 Å². The minimum atomic E-state index is -0.954. The van der Waals surface area contributed by atoms with Gasteiger partial charge in [0, 0.05) is 0 Å². The zero-order chi connectivity index (χ0) is 14.4. The molecule has 0 aromatic carbocycles. The molecule has 1 atom stereocenters. The summed E-state index contributed by atoms with van der Waals surface area (Å²) in [5.41, 5.74) is 0. The lowest BCUT2D eigenvalue weighted by atomic mass is 10.2. The fourth-order valence-electron chi connectivity index (χ4n) is 0.929. The van der Waals surface area contributed by atoms with E-state index in [1.807, 2.05) is 14.0 Å². The highest BCUT2D eigenvalue weighted by Crippen LogP contribution is 1.97. The smallest absolute Gasteiger partial charge is 0.104 e. The quantitative estimate of drug-likeness (QED) is 0.274. The molecular formula is C11H27NO6. The third-order valence-electron chi connectivity index (χ3n) is 2.00. The van der Waals surface area contributed by atoms with Crippen molar-refractivity contribution in [1.29, 1.82) is 0 Å². The van der Waals surface area contributed by atoms with E-state index >= 15 is 0 Å². The molecule has 0 aliphatic carbocycles. The summed E-state index contributed by atoms with van der Waals surface area (Å²) >= 11 is 0. The molecule has 0 aliphatic rings. The average molecular weight is 269 g/mol. The minimum Gasteiger partial charge on any atom is -0.394 e. The van der Waals surface area contributed by atoms with Gasteiger partial charge in [0.1, 0.15) is 12.2 Å². The first-order valence-corrected chi connectivity index (χ1v) is 5.93. The molecule has 0 saturated heterocycles. The first kappa shape index (κ1) is 20.0. The van der Waals surface area contributed by atoms with Crippen LogP contribution in [0, 0.1) is 5.92 Å². The molecule has 6 N–H and O–H groups in total. The van der Waals surface area contributed by atoms with Gasteiger partial charge < -0.3 is 35.6 Å². The van der Waals surface area contributed by atoms with Crippen molar-refractivity contribution in [3.05, 3.63) is 0 Å². The maximum absolute atomic E-state index is 8.67. The van der Waals surface area contributed by atoms with Crippen molar-refractivity contribution in [2.24, 2.45) is 5.92 Å². The first-order valence-electron chi connectivity index (χ1n) is 5.93. The summed E-state index contributed by atoms with van der Waals surface area (Å²) < 4.78 is 5.21. The molecule has 0 saturated carbocycles. The molecule has 7 nitrogen and oxygen atoms in total. The van der Waals surface area contributed by atoms with Crippen LogP contribution in [-0.2, 0) is 4.74 Å². The number of aliphatic hydroxyl groups excluding tert-OH is 5. The van der Waals surface area contributed by atoms with E-state index in [9.17, 15) is 0 Å². The molecule has 112 valence electrons. The Kier molecular flexibility index (Phi) is 16.5. The number of hydrogen-bond acceptors (Lipinski definition) is 7. The van der Waals surface area contributed by atoms with Gasteiger partial charge in [-0.1, -0.05) is 6.92 Å². The normalized spacial score (nSPS) is 12.5. The van der Waals surface area contributed by atoms with Crippen molar-refractivity contribution >= 4 is 0 Å². The third-order valence-corrected chi connectivity index (χ3v) is 2.00. The summed E-state index contributed by atoms with van der Waals surface area (Å²) in [6.45, 7) is 2.51. The fourth-order valence-corrected chi connectivity index (χ4v) is 0.929. The number of hydrogen-bond donors (Lipinski definition) is 6. The van der Waals surface area contributed by atoms with E-state index in [4.69, 9.17) is 30.3 Å². The van der Waals surface area contributed by atoms with Gasteiger partial charge >= 0.3 is 0 Å². The summed E-state index contributed by atoms with van der Waals surface area (Å²) in [6.07, 6.45) is -1.38. The molecule has 0 aromatic rings. The number of rotatable bonds is 9. The Hall–Kier alpha value is -0.280. The molecule has 18 heavy (non-hydrogen) atoms. The van der Waals surface area contributed by atoms with Crippen molar-refractivity contribution < 1.29 is 30.3 Å². The van der Waals surface area contributed by atoms with Crippen molar-refractivity contribution in [2.75, 3.05) is 46.6 Å². The second-order valence-electron chi connectivity index (χ2n) is 4.00. The standard InChI is InChI=1S/C8H19NO3.C3H8O3/c1-7(3-9-2)6-12-8(4-10)5-11;4-1-3(6)2-5/h7-11H,3-6H2,1-2H3;3-6H,1-2H2. The lowest BCUT2D eigenvalue weighted by Gasteiger charge is -2.16. The zero-order valence-electron chi connectivity index (χ0n) is 11.1. The molecular weight excluding hydrogens is 242 g/mol. The van der Waals surface area contributed by atoms with E-state index in [2.05, 4.69) is 5.32 Å². The van der Waals surface area contributed by atoms with Crippen molar-refractivity contribution in [3.63, 3.8) is 0 Å². The lowest BCUT2D eigenvalue weighted by molar-refractivity contribution is -0.0310. The van der Waals surface area contributed by atoms with Crippen LogP contribution < -0.4 is 5.32 Å². The topological polar surface area (TPSA) is 122 Å². The van der Waals surface area contributed by atoms with Gasteiger partial charge in [-0.05, 0) is 19.5 Å². The predicted octanol–water partition coefficient (Wildman–Crippen LogP) is -2.46. The molecule has 0 radical (unpaired) electrons. The van der Waals surface area contributed by atoms with Crippen molar-refractivity contribution in [3.8, 4) is 0 Å². The number of aliphatic hydroxyl groups is 5. The van der Waals surface area contributed by atoms with E-state index in [-0.39, 0.29) is 26.4 Å². The summed E-state index contributed by atoms with van der Waals surface area (Å²) in [6, 6.07) is 0. The molecule has 0 bridgehead atoms.